The van der Waals surface area contributed by atoms with Crippen molar-refractivity contribution < 1.29 is 4.79 Å². The van der Waals surface area contributed by atoms with Crippen LogP contribution in [0.1, 0.15) is 20.3 Å². The minimum absolute atomic E-state index is 0.0820. The summed E-state index contributed by atoms with van der Waals surface area (Å²) in [5.74, 6) is 0.0820. The first-order valence-electron chi connectivity index (χ1n) is 3.18. The Morgan fingerprint density at radius 2 is 2.33 bits per heavy atom. The standard InChI is InChI=1S/C7H13NO/c1-3-5-8-6-4-7(2)9/h4,6,8H,3,5H2,1-2H3. The van der Waals surface area contributed by atoms with Gasteiger partial charge in [0.25, 0.3) is 0 Å². The van der Waals surface area contributed by atoms with Gasteiger partial charge in [-0.2, -0.15) is 0 Å². The van der Waals surface area contributed by atoms with Gasteiger partial charge in [-0.1, -0.05) is 6.92 Å². The lowest BCUT2D eigenvalue weighted by Crippen LogP contribution is -2.05. The lowest BCUT2D eigenvalue weighted by molar-refractivity contribution is -0.112. The van der Waals surface area contributed by atoms with E-state index in [0.717, 1.165) is 13.0 Å². The predicted molar refractivity (Wildman–Crippen MR) is 38.1 cm³/mol. The van der Waals surface area contributed by atoms with Gasteiger partial charge in [0.1, 0.15) is 0 Å². The van der Waals surface area contributed by atoms with Gasteiger partial charge >= 0.3 is 0 Å². The fourth-order valence-electron chi connectivity index (χ4n) is 0.404. The van der Waals surface area contributed by atoms with E-state index in [9.17, 15) is 4.79 Å². The molecule has 0 aliphatic heterocycles. The van der Waals surface area contributed by atoms with Crippen LogP contribution in [0.15, 0.2) is 12.3 Å². The lowest BCUT2D eigenvalue weighted by Gasteiger charge is -1.92. The molecule has 52 valence electrons. The molecule has 0 unspecified atom stereocenters. The summed E-state index contributed by atoms with van der Waals surface area (Å²) in [4.78, 5) is 10.3. The normalized spacial score (nSPS) is 10.0. The molecule has 0 aliphatic carbocycles. The van der Waals surface area contributed by atoms with Crippen LogP contribution in [0.2, 0.25) is 0 Å². The molecule has 0 rings (SSSR count). The molecule has 0 spiro atoms. The minimum atomic E-state index is 0.0820. The second kappa shape index (κ2) is 5.35. The van der Waals surface area contributed by atoms with Crippen molar-refractivity contribution in [3.05, 3.63) is 12.3 Å². The monoisotopic (exact) mass is 127 g/mol. The van der Waals surface area contributed by atoms with Crippen LogP contribution in [0.4, 0.5) is 0 Å². The molecule has 9 heavy (non-hydrogen) atoms. The average molecular weight is 127 g/mol. The summed E-state index contributed by atoms with van der Waals surface area (Å²) >= 11 is 0. The summed E-state index contributed by atoms with van der Waals surface area (Å²) in [6, 6.07) is 0. The summed E-state index contributed by atoms with van der Waals surface area (Å²) < 4.78 is 0. The number of carbonyl (C=O) groups is 1. The molecule has 0 amide bonds. The van der Waals surface area contributed by atoms with Gasteiger partial charge in [0.15, 0.2) is 5.78 Å². The molecular weight excluding hydrogens is 114 g/mol. The Balaban J connectivity index is 3.15. The Bertz CT molecular complexity index is 107. The van der Waals surface area contributed by atoms with Crippen molar-refractivity contribution in [3.8, 4) is 0 Å². The van der Waals surface area contributed by atoms with Gasteiger partial charge in [0, 0.05) is 6.54 Å². The summed E-state index contributed by atoms with van der Waals surface area (Å²) in [6.45, 7) is 4.54. The van der Waals surface area contributed by atoms with E-state index in [4.69, 9.17) is 0 Å². The van der Waals surface area contributed by atoms with Crippen molar-refractivity contribution in [2.45, 2.75) is 20.3 Å². The first-order valence-corrected chi connectivity index (χ1v) is 3.18. The molecule has 0 atom stereocenters. The van der Waals surface area contributed by atoms with Crippen LogP contribution in [-0.4, -0.2) is 12.3 Å². The molecular formula is C7H13NO. The van der Waals surface area contributed by atoms with Crippen LogP contribution in [0.5, 0.6) is 0 Å². The maximum absolute atomic E-state index is 10.3. The second-order valence-electron chi connectivity index (χ2n) is 1.90. The van der Waals surface area contributed by atoms with Gasteiger partial charge in [-0.15, -0.1) is 0 Å². The Morgan fingerprint density at radius 3 is 2.78 bits per heavy atom. The SMILES string of the molecule is CCCNC=CC(C)=O. The zero-order valence-electron chi connectivity index (χ0n) is 5.98. The molecule has 0 bridgehead atoms. The molecule has 0 aromatic rings. The fraction of sp³-hybridized carbons (Fsp3) is 0.571. The molecule has 0 aliphatic rings. The summed E-state index contributed by atoms with van der Waals surface area (Å²) in [7, 11) is 0. The lowest BCUT2D eigenvalue weighted by atomic mass is 10.4. The third-order valence-corrected chi connectivity index (χ3v) is 0.830. The van der Waals surface area contributed by atoms with Crippen LogP contribution in [0, 0.1) is 0 Å². The molecule has 0 saturated heterocycles. The van der Waals surface area contributed by atoms with E-state index >= 15 is 0 Å². The molecule has 1 N–H and O–H groups in total. The summed E-state index contributed by atoms with van der Waals surface area (Å²) in [5, 5.41) is 2.97. The quantitative estimate of drug-likeness (QED) is 0.452. The zero-order chi connectivity index (χ0) is 7.11. The van der Waals surface area contributed by atoms with E-state index in [1.807, 2.05) is 0 Å². The molecule has 0 heterocycles. The van der Waals surface area contributed by atoms with Crippen LogP contribution in [-0.2, 0) is 4.79 Å². The molecule has 0 aromatic heterocycles. The Kier molecular flexibility index (Phi) is 4.88. The number of ketones is 1. The van der Waals surface area contributed by atoms with E-state index in [-0.39, 0.29) is 5.78 Å². The molecule has 0 fully saturated rings. The van der Waals surface area contributed by atoms with Crippen molar-refractivity contribution in [2.24, 2.45) is 0 Å². The topological polar surface area (TPSA) is 29.1 Å². The van der Waals surface area contributed by atoms with E-state index in [1.54, 1.807) is 6.20 Å². The Hall–Kier alpha value is -0.790. The summed E-state index contributed by atoms with van der Waals surface area (Å²) in [6.07, 6.45) is 4.30. The number of hydrogen-bond donors (Lipinski definition) is 1. The highest BCUT2D eigenvalue weighted by Crippen LogP contribution is 1.72. The third-order valence-electron chi connectivity index (χ3n) is 0.830. The van der Waals surface area contributed by atoms with Gasteiger partial charge in [-0.05, 0) is 25.6 Å². The number of allylic oxidation sites excluding steroid dienone is 1. The van der Waals surface area contributed by atoms with Crippen molar-refractivity contribution >= 4 is 5.78 Å². The zero-order valence-corrected chi connectivity index (χ0v) is 5.98. The Labute approximate surface area is 56.0 Å². The number of carbonyl (C=O) groups excluding carboxylic acids is 1. The third kappa shape index (κ3) is 7.21. The smallest absolute Gasteiger partial charge is 0.154 e. The summed E-state index contributed by atoms with van der Waals surface area (Å²) in [5.41, 5.74) is 0. The largest absolute Gasteiger partial charge is 0.391 e. The maximum Gasteiger partial charge on any atom is 0.154 e. The number of hydrogen-bond acceptors (Lipinski definition) is 2. The van der Waals surface area contributed by atoms with Crippen molar-refractivity contribution in [1.29, 1.82) is 0 Å². The first kappa shape index (κ1) is 8.21. The highest BCUT2D eigenvalue weighted by Gasteiger charge is 1.78. The van der Waals surface area contributed by atoms with E-state index in [1.165, 1.54) is 13.0 Å². The van der Waals surface area contributed by atoms with E-state index < -0.39 is 0 Å². The van der Waals surface area contributed by atoms with Crippen molar-refractivity contribution in [1.82, 2.24) is 5.32 Å². The van der Waals surface area contributed by atoms with Crippen LogP contribution < -0.4 is 5.32 Å². The van der Waals surface area contributed by atoms with Crippen LogP contribution in [0.3, 0.4) is 0 Å². The van der Waals surface area contributed by atoms with Gasteiger partial charge in [-0.3, -0.25) is 4.79 Å². The van der Waals surface area contributed by atoms with Crippen LogP contribution >= 0.6 is 0 Å². The average Bonchev–Trinajstić information content (AvgIpc) is 1.80. The van der Waals surface area contributed by atoms with Crippen molar-refractivity contribution in [3.63, 3.8) is 0 Å². The maximum atomic E-state index is 10.3. The highest BCUT2D eigenvalue weighted by atomic mass is 16.1. The Morgan fingerprint density at radius 1 is 1.67 bits per heavy atom. The van der Waals surface area contributed by atoms with Gasteiger partial charge < -0.3 is 5.32 Å². The van der Waals surface area contributed by atoms with E-state index in [0.29, 0.717) is 0 Å². The molecule has 2 nitrogen and oxygen atoms in total. The fourth-order valence-corrected chi connectivity index (χ4v) is 0.404. The predicted octanol–water partition coefficient (Wildman–Crippen LogP) is 1.09. The molecule has 0 aromatic carbocycles. The second-order valence-corrected chi connectivity index (χ2v) is 1.90. The number of nitrogens with one attached hydrogen (secondary N) is 1. The number of rotatable bonds is 4. The van der Waals surface area contributed by atoms with Gasteiger partial charge in [-0.25, -0.2) is 0 Å². The molecule has 0 radical (unpaired) electrons. The van der Waals surface area contributed by atoms with Gasteiger partial charge in [0.2, 0.25) is 0 Å². The molecule has 2 heteroatoms. The highest BCUT2D eigenvalue weighted by molar-refractivity contribution is 5.87. The minimum Gasteiger partial charge on any atom is -0.391 e. The van der Waals surface area contributed by atoms with Gasteiger partial charge in [0.05, 0.1) is 0 Å². The van der Waals surface area contributed by atoms with Crippen LogP contribution in [0.25, 0.3) is 0 Å². The van der Waals surface area contributed by atoms with Crippen molar-refractivity contribution in [2.75, 3.05) is 6.54 Å². The van der Waals surface area contributed by atoms with E-state index in [2.05, 4.69) is 12.2 Å². The first-order chi connectivity index (χ1) is 4.27. The molecule has 0 saturated carbocycles.